The van der Waals surface area contributed by atoms with E-state index in [1.165, 1.54) is 14.2 Å². The van der Waals surface area contributed by atoms with Crippen LogP contribution in [0.5, 0.6) is 0 Å². The number of piperidine rings is 1. The van der Waals surface area contributed by atoms with Gasteiger partial charge in [0.15, 0.2) is 0 Å². The average molecular weight is 1080 g/mol. The number of carbonyl (C=O) groups excluding carboxylic acids is 7. The van der Waals surface area contributed by atoms with E-state index in [-0.39, 0.29) is 67.5 Å². The fraction of sp³-hybridized carbons (Fsp3) is 0.583. The monoisotopic (exact) mass is 1080 g/mol. The molecular weight excluding hydrogens is 995 g/mol. The fourth-order valence-electron chi connectivity index (χ4n) is 11.4. The lowest BCUT2D eigenvalue weighted by atomic mass is 9.89. The quantitative estimate of drug-likeness (QED) is 0.0685. The highest BCUT2D eigenvalue weighted by Crippen LogP contribution is 2.43. The van der Waals surface area contributed by atoms with E-state index >= 15 is 0 Å². The van der Waals surface area contributed by atoms with Crippen LogP contribution in [0, 0.1) is 23.7 Å². The van der Waals surface area contributed by atoms with Crippen molar-refractivity contribution in [1.82, 2.24) is 30.7 Å². The summed E-state index contributed by atoms with van der Waals surface area (Å²) in [4.78, 5) is 103. The van der Waals surface area contributed by atoms with E-state index in [0.717, 1.165) is 29.5 Å². The molecule has 11 atom stereocenters. The minimum Gasteiger partial charge on any atom is -0.445 e. The predicted molar refractivity (Wildman–Crippen MR) is 296 cm³/mol. The van der Waals surface area contributed by atoms with Gasteiger partial charge in [0.2, 0.25) is 29.5 Å². The van der Waals surface area contributed by atoms with Crippen molar-refractivity contribution >= 4 is 47.4 Å². The average Bonchev–Trinajstić information content (AvgIpc) is 4.28. The smallest absolute Gasteiger partial charge is 0.411 e. The zero-order valence-corrected chi connectivity index (χ0v) is 47.6. The Bertz CT molecular complexity index is 2490. The summed E-state index contributed by atoms with van der Waals surface area (Å²) in [7, 11) is 4.74. The number of rotatable bonds is 24. The second kappa shape index (κ2) is 27.9. The molecule has 3 aromatic rings. The van der Waals surface area contributed by atoms with Crippen molar-refractivity contribution in [1.29, 1.82) is 0 Å². The Labute approximate surface area is 461 Å². The Morgan fingerprint density at radius 2 is 1.44 bits per heavy atom. The van der Waals surface area contributed by atoms with Crippen molar-refractivity contribution in [3.63, 3.8) is 0 Å². The molecular formula is C60H85N7O11. The van der Waals surface area contributed by atoms with Crippen LogP contribution in [0.2, 0.25) is 0 Å². The number of hydrogen-bond acceptors (Lipinski definition) is 11. The van der Waals surface area contributed by atoms with Crippen molar-refractivity contribution in [2.24, 2.45) is 23.7 Å². The minimum absolute atomic E-state index is 0.0367. The van der Waals surface area contributed by atoms with Gasteiger partial charge in [0.1, 0.15) is 30.3 Å². The molecule has 4 N–H and O–H groups in total. The number of ether oxygens (including phenoxy) is 4. The van der Waals surface area contributed by atoms with Crippen LogP contribution in [0.15, 0.2) is 84.9 Å². The molecule has 1 saturated carbocycles. The van der Waals surface area contributed by atoms with Gasteiger partial charge in [-0.2, -0.15) is 0 Å². The van der Waals surface area contributed by atoms with Crippen LogP contribution in [0.1, 0.15) is 117 Å². The first-order chi connectivity index (χ1) is 37.1. The number of likely N-dealkylation sites (tertiary alicyclic amines) is 2. The third-order valence-corrected chi connectivity index (χ3v) is 15.7. The molecule has 2 saturated heterocycles. The van der Waals surface area contributed by atoms with Crippen LogP contribution in [-0.2, 0) is 62.5 Å². The van der Waals surface area contributed by atoms with Crippen LogP contribution >= 0.6 is 0 Å². The largest absolute Gasteiger partial charge is 0.445 e. The van der Waals surface area contributed by atoms with Crippen LogP contribution in [0.3, 0.4) is 0 Å². The van der Waals surface area contributed by atoms with Gasteiger partial charge in [-0.25, -0.2) is 9.59 Å². The topological polar surface area (TPSA) is 214 Å². The number of likely N-dealkylation sites (N-methyl/N-ethyl adjacent to an activating group) is 1. The number of anilines is 1. The highest BCUT2D eigenvalue weighted by molar-refractivity contribution is 5.98. The third-order valence-electron chi connectivity index (χ3n) is 15.7. The molecule has 0 radical (unpaired) electrons. The molecule has 0 aromatic heterocycles. The lowest BCUT2D eigenvalue weighted by molar-refractivity contribution is -0.148. The van der Waals surface area contributed by atoms with Gasteiger partial charge >= 0.3 is 12.2 Å². The third kappa shape index (κ3) is 15.8. The van der Waals surface area contributed by atoms with Crippen LogP contribution in [-0.4, -0.2) is 138 Å². The maximum atomic E-state index is 14.7. The molecule has 0 spiro atoms. The molecule has 3 aromatic carbocycles. The van der Waals surface area contributed by atoms with Crippen molar-refractivity contribution in [3.8, 4) is 0 Å². The zero-order chi connectivity index (χ0) is 56.8. The first-order valence-electron chi connectivity index (χ1n) is 27.8. The Balaban J connectivity index is 1.09. The number of nitrogens with zero attached hydrogens (tertiary/aromatic N) is 3. The van der Waals surface area contributed by atoms with Crippen LogP contribution < -0.4 is 21.3 Å². The lowest BCUT2D eigenvalue weighted by Gasteiger charge is -2.41. The molecule has 2 aliphatic heterocycles. The van der Waals surface area contributed by atoms with Gasteiger partial charge in [0.05, 0.1) is 36.6 Å². The normalized spacial score (nSPS) is 20.6. The number of methoxy groups -OCH3 is 2. The summed E-state index contributed by atoms with van der Waals surface area (Å²) in [6.07, 6.45) is 1.80. The number of nitrogens with one attached hydrogen (secondary N) is 4. The number of amides is 7. The van der Waals surface area contributed by atoms with Crippen molar-refractivity contribution < 1.29 is 52.5 Å². The highest BCUT2D eigenvalue weighted by atomic mass is 16.6. The molecule has 1 aliphatic carbocycles. The van der Waals surface area contributed by atoms with Crippen molar-refractivity contribution in [2.45, 2.75) is 174 Å². The summed E-state index contributed by atoms with van der Waals surface area (Å²) in [5.74, 6) is -3.04. The van der Waals surface area contributed by atoms with E-state index in [0.29, 0.717) is 37.9 Å². The number of fused-ring (bicyclic) bond motifs is 2. The molecule has 7 amide bonds. The van der Waals surface area contributed by atoms with E-state index in [2.05, 4.69) is 21.3 Å². The Morgan fingerprint density at radius 3 is 2.04 bits per heavy atom. The lowest BCUT2D eigenvalue weighted by Crippen LogP contribution is -2.61. The van der Waals surface area contributed by atoms with Gasteiger partial charge < -0.3 is 50.0 Å². The molecule has 3 unspecified atom stereocenters. The summed E-state index contributed by atoms with van der Waals surface area (Å²) in [6.45, 7) is 15.7. The standard InChI is InChI=1S/C60H85N7O11/c1-12-38(4)51(65(9)57(72)50(37(2)3)64-56(71)52-43-27-30-45(33-43)67(52)59(74)78-60(6,7)8)48(75-10)34-49(68)66-31-19-24-47(66)53(76-11)39(5)54(69)63-46(32-40-20-15-13-16-21-40)55(70)62-44-28-25-41(26-29-44)35-61-58(73)77-36-42-22-17-14-18-23-42/h13-18,20-23,25-26,28-29,37-39,43,45-48,50-53H,12,19,24,27,30-36H2,1-11H3,(H,61,73)(H,62,70)(H,63,69)(H,64,71)/t38-,39+,43?,45?,46-,47-,48+,50-,51-,52?,53+/m0/s1. The first-order valence-corrected chi connectivity index (χ1v) is 27.8. The molecule has 2 bridgehead atoms. The highest BCUT2D eigenvalue weighted by Gasteiger charge is 2.53. The maximum absolute atomic E-state index is 14.7. The fourth-order valence-corrected chi connectivity index (χ4v) is 11.4. The number of hydrogen-bond donors (Lipinski definition) is 4. The predicted octanol–water partition coefficient (Wildman–Crippen LogP) is 7.63. The summed E-state index contributed by atoms with van der Waals surface area (Å²) in [5.41, 5.74) is 2.25. The number of benzene rings is 3. The van der Waals surface area contributed by atoms with Crippen LogP contribution in [0.25, 0.3) is 0 Å². The van der Waals surface area contributed by atoms with Crippen molar-refractivity contribution in [3.05, 3.63) is 102 Å². The van der Waals surface area contributed by atoms with Gasteiger partial charge in [-0.1, -0.05) is 114 Å². The molecule has 426 valence electrons. The van der Waals surface area contributed by atoms with E-state index in [1.807, 2.05) is 88.4 Å². The molecule has 3 aliphatic rings. The minimum atomic E-state index is -0.977. The summed E-state index contributed by atoms with van der Waals surface area (Å²) in [5, 5.41) is 11.7. The molecule has 2 heterocycles. The van der Waals surface area contributed by atoms with E-state index < -0.39 is 77.9 Å². The molecule has 6 rings (SSSR count). The van der Waals surface area contributed by atoms with Gasteiger partial charge in [-0.05, 0) is 99.5 Å². The maximum Gasteiger partial charge on any atom is 0.411 e. The van der Waals surface area contributed by atoms with Crippen LogP contribution in [0.4, 0.5) is 15.3 Å². The molecule has 78 heavy (non-hydrogen) atoms. The Kier molecular flexibility index (Phi) is 21.7. The first kappa shape index (κ1) is 60.7. The number of carbonyl (C=O) groups is 7. The second-order valence-electron chi connectivity index (χ2n) is 22.7. The van der Waals surface area contributed by atoms with Crippen molar-refractivity contribution in [2.75, 3.05) is 33.1 Å². The molecule has 3 fully saturated rings. The number of alkyl carbamates (subject to hydrolysis) is 1. The van der Waals surface area contributed by atoms with Gasteiger partial charge in [0.25, 0.3) is 0 Å². The van der Waals surface area contributed by atoms with E-state index in [1.54, 1.807) is 73.7 Å². The molecule has 18 nitrogen and oxygen atoms in total. The summed E-state index contributed by atoms with van der Waals surface area (Å²) >= 11 is 0. The van der Waals surface area contributed by atoms with Gasteiger partial charge in [-0.15, -0.1) is 0 Å². The Hall–Kier alpha value is -6.53. The van der Waals surface area contributed by atoms with E-state index in [9.17, 15) is 33.6 Å². The summed E-state index contributed by atoms with van der Waals surface area (Å²) in [6, 6.07) is 22.0. The SMILES string of the molecule is CC[C@H](C)[C@@H]([C@@H](CC(=O)N1CCC[C@H]1[C@H](OC)[C@@H](C)C(=O)N[C@@H](Cc1ccccc1)C(=O)Nc1ccc(CNC(=O)OCc2ccccc2)cc1)OC)N(C)C(=O)[C@@H](NC(=O)C1C2CCC(C2)N1C(=O)OC(C)(C)C)C(C)C. The summed E-state index contributed by atoms with van der Waals surface area (Å²) < 4.78 is 23.3. The Morgan fingerprint density at radius 1 is 0.782 bits per heavy atom. The van der Waals surface area contributed by atoms with E-state index in [4.69, 9.17) is 18.9 Å². The second-order valence-corrected chi connectivity index (χ2v) is 22.7. The molecule has 18 heteroatoms. The van der Waals surface area contributed by atoms with Gasteiger partial charge in [0, 0.05) is 52.5 Å². The zero-order valence-electron chi connectivity index (χ0n) is 47.6. The van der Waals surface area contributed by atoms with Gasteiger partial charge in [-0.3, -0.25) is 28.9 Å².